The third-order valence-electron chi connectivity index (χ3n) is 3.36. The summed E-state index contributed by atoms with van der Waals surface area (Å²) in [5.74, 6) is 1.47. The molecule has 2 aromatic heterocycles. The van der Waals surface area contributed by atoms with Gasteiger partial charge in [0, 0.05) is 19.2 Å². The SMILES string of the molecule is COc1ncnc2c1CN(c1ccc(C#N)cn1)CC2. The number of hydrogen-bond donors (Lipinski definition) is 0. The molecule has 1 aliphatic rings. The maximum Gasteiger partial charge on any atom is 0.221 e. The lowest BCUT2D eigenvalue weighted by atomic mass is 10.1. The van der Waals surface area contributed by atoms with Crippen LogP contribution < -0.4 is 9.64 Å². The Kier molecular flexibility index (Phi) is 3.17. The molecule has 1 aliphatic heterocycles. The molecule has 3 rings (SSSR count). The van der Waals surface area contributed by atoms with Crippen molar-refractivity contribution in [1.82, 2.24) is 15.0 Å². The summed E-state index contributed by atoms with van der Waals surface area (Å²) in [5.41, 5.74) is 2.60. The molecule has 0 spiro atoms. The van der Waals surface area contributed by atoms with Crippen LogP contribution in [0.2, 0.25) is 0 Å². The first-order valence-corrected chi connectivity index (χ1v) is 6.29. The number of rotatable bonds is 2. The topological polar surface area (TPSA) is 74.9 Å². The smallest absolute Gasteiger partial charge is 0.221 e. The molecular formula is C14H13N5O. The number of ether oxygens (including phenoxy) is 1. The molecule has 0 unspecified atom stereocenters. The van der Waals surface area contributed by atoms with E-state index < -0.39 is 0 Å². The summed E-state index contributed by atoms with van der Waals surface area (Å²) in [4.78, 5) is 14.9. The summed E-state index contributed by atoms with van der Waals surface area (Å²) < 4.78 is 5.29. The van der Waals surface area contributed by atoms with E-state index in [9.17, 15) is 0 Å². The molecule has 2 aromatic rings. The Morgan fingerprint density at radius 3 is 2.90 bits per heavy atom. The summed E-state index contributed by atoms with van der Waals surface area (Å²) in [6.45, 7) is 1.50. The minimum absolute atomic E-state index is 0.562. The Bertz CT molecular complexity index is 648. The zero-order valence-electron chi connectivity index (χ0n) is 11.1. The van der Waals surface area contributed by atoms with Crippen molar-refractivity contribution in [2.45, 2.75) is 13.0 Å². The first-order valence-electron chi connectivity index (χ1n) is 6.29. The molecular weight excluding hydrogens is 254 g/mol. The van der Waals surface area contributed by atoms with Crippen LogP contribution in [0.5, 0.6) is 5.88 Å². The monoisotopic (exact) mass is 267 g/mol. The van der Waals surface area contributed by atoms with Crippen molar-refractivity contribution in [3.05, 3.63) is 41.5 Å². The maximum atomic E-state index is 8.80. The second kappa shape index (κ2) is 5.13. The highest BCUT2D eigenvalue weighted by atomic mass is 16.5. The molecule has 0 bridgehead atoms. The van der Waals surface area contributed by atoms with E-state index in [-0.39, 0.29) is 0 Å². The Balaban J connectivity index is 1.89. The Morgan fingerprint density at radius 1 is 1.30 bits per heavy atom. The molecule has 0 radical (unpaired) electrons. The van der Waals surface area contributed by atoms with Gasteiger partial charge in [0.1, 0.15) is 18.2 Å². The van der Waals surface area contributed by atoms with Crippen LogP contribution in [0.4, 0.5) is 5.82 Å². The van der Waals surface area contributed by atoms with E-state index in [0.717, 1.165) is 30.0 Å². The Morgan fingerprint density at radius 2 is 2.20 bits per heavy atom. The van der Waals surface area contributed by atoms with Crippen LogP contribution in [0.25, 0.3) is 0 Å². The summed E-state index contributed by atoms with van der Waals surface area (Å²) in [5, 5.41) is 8.80. The number of anilines is 1. The van der Waals surface area contributed by atoms with Crippen molar-refractivity contribution in [2.24, 2.45) is 0 Å². The fraction of sp³-hybridized carbons (Fsp3) is 0.286. The van der Waals surface area contributed by atoms with E-state index in [4.69, 9.17) is 10.00 Å². The van der Waals surface area contributed by atoms with Crippen molar-refractivity contribution >= 4 is 5.82 Å². The fourth-order valence-electron chi connectivity index (χ4n) is 2.33. The van der Waals surface area contributed by atoms with Crippen LogP contribution in [-0.2, 0) is 13.0 Å². The van der Waals surface area contributed by atoms with Gasteiger partial charge in [0.15, 0.2) is 0 Å². The van der Waals surface area contributed by atoms with E-state index in [0.29, 0.717) is 18.0 Å². The molecule has 0 fully saturated rings. The average molecular weight is 267 g/mol. The summed E-state index contributed by atoms with van der Waals surface area (Å²) >= 11 is 0. The molecule has 0 amide bonds. The van der Waals surface area contributed by atoms with Crippen molar-refractivity contribution in [2.75, 3.05) is 18.6 Å². The van der Waals surface area contributed by atoms with Gasteiger partial charge in [0.25, 0.3) is 0 Å². The lowest BCUT2D eigenvalue weighted by Gasteiger charge is -2.29. The van der Waals surface area contributed by atoms with Gasteiger partial charge in [-0.1, -0.05) is 0 Å². The van der Waals surface area contributed by atoms with Gasteiger partial charge in [0.05, 0.1) is 30.5 Å². The number of aromatic nitrogens is 3. The van der Waals surface area contributed by atoms with Crippen LogP contribution in [0, 0.1) is 11.3 Å². The zero-order chi connectivity index (χ0) is 13.9. The van der Waals surface area contributed by atoms with Gasteiger partial charge in [-0.15, -0.1) is 0 Å². The molecule has 0 aromatic carbocycles. The van der Waals surface area contributed by atoms with Gasteiger partial charge in [-0.3, -0.25) is 0 Å². The van der Waals surface area contributed by atoms with E-state index in [1.807, 2.05) is 6.07 Å². The average Bonchev–Trinajstić information content (AvgIpc) is 2.54. The van der Waals surface area contributed by atoms with E-state index in [1.165, 1.54) is 6.33 Å². The second-order valence-electron chi connectivity index (χ2n) is 4.50. The first-order chi connectivity index (χ1) is 9.81. The van der Waals surface area contributed by atoms with E-state index in [1.54, 1.807) is 19.4 Å². The van der Waals surface area contributed by atoms with Crippen molar-refractivity contribution in [3.8, 4) is 11.9 Å². The van der Waals surface area contributed by atoms with Gasteiger partial charge in [-0.2, -0.15) is 5.26 Å². The van der Waals surface area contributed by atoms with Gasteiger partial charge in [0.2, 0.25) is 5.88 Å². The first kappa shape index (κ1) is 12.4. The fourth-order valence-corrected chi connectivity index (χ4v) is 2.33. The molecule has 20 heavy (non-hydrogen) atoms. The summed E-state index contributed by atoms with van der Waals surface area (Å²) in [6, 6.07) is 5.71. The molecule has 100 valence electrons. The van der Waals surface area contributed by atoms with Crippen molar-refractivity contribution in [3.63, 3.8) is 0 Å². The maximum absolute atomic E-state index is 8.80. The van der Waals surface area contributed by atoms with E-state index in [2.05, 4.69) is 25.9 Å². The molecule has 0 atom stereocenters. The Labute approximate surface area is 116 Å². The van der Waals surface area contributed by atoms with Gasteiger partial charge in [-0.05, 0) is 12.1 Å². The Hall–Kier alpha value is -2.68. The number of fused-ring (bicyclic) bond motifs is 1. The lowest BCUT2D eigenvalue weighted by Crippen LogP contribution is -2.32. The predicted molar refractivity (Wildman–Crippen MR) is 72.3 cm³/mol. The molecule has 0 saturated heterocycles. The number of pyridine rings is 1. The molecule has 3 heterocycles. The highest BCUT2D eigenvalue weighted by Crippen LogP contribution is 2.26. The van der Waals surface area contributed by atoms with Crippen LogP contribution in [0.1, 0.15) is 16.8 Å². The summed E-state index contributed by atoms with van der Waals surface area (Å²) in [7, 11) is 1.61. The quantitative estimate of drug-likeness (QED) is 0.816. The standard InChI is InChI=1S/C14H13N5O/c1-20-14-11-8-19(5-4-12(11)17-9-18-14)13-3-2-10(6-15)7-16-13/h2-3,7,9H,4-5,8H2,1H3. The van der Waals surface area contributed by atoms with Crippen LogP contribution in [-0.4, -0.2) is 28.6 Å². The third kappa shape index (κ3) is 2.14. The second-order valence-corrected chi connectivity index (χ2v) is 4.50. The zero-order valence-corrected chi connectivity index (χ0v) is 11.1. The van der Waals surface area contributed by atoms with E-state index >= 15 is 0 Å². The van der Waals surface area contributed by atoms with Gasteiger partial charge >= 0.3 is 0 Å². The largest absolute Gasteiger partial charge is 0.481 e. The molecule has 6 heteroatoms. The minimum atomic E-state index is 0.562. The van der Waals surface area contributed by atoms with Crippen LogP contribution in [0.15, 0.2) is 24.7 Å². The number of hydrogen-bond acceptors (Lipinski definition) is 6. The lowest BCUT2D eigenvalue weighted by molar-refractivity contribution is 0.387. The number of nitrogens with zero attached hydrogens (tertiary/aromatic N) is 5. The molecule has 0 saturated carbocycles. The normalized spacial score (nSPS) is 13.5. The summed E-state index contributed by atoms with van der Waals surface area (Å²) in [6.07, 6.45) is 3.95. The van der Waals surface area contributed by atoms with Crippen LogP contribution >= 0.6 is 0 Å². The molecule has 0 aliphatic carbocycles. The van der Waals surface area contributed by atoms with Gasteiger partial charge < -0.3 is 9.64 Å². The van der Waals surface area contributed by atoms with Crippen molar-refractivity contribution in [1.29, 1.82) is 5.26 Å². The molecule has 6 nitrogen and oxygen atoms in total. The predicted octanol–water partition coefficient (Wildman–Crippen LogP) is 1.31. The van der Waals surface area contributed by atoms with Crippen LogP contribution in [0.3, 0.4) is 0 Å². The number of nitriles is 1. The number of methoxy groups -OCH3 is 1. The molecule has 0 N–H and O–H groups in total. The minimum Gasteiger partial charge on any atom is -0.481 e. The third-order valence-corrected chi connectivity index (χ3v) is 3.36. The van der Waals surface area contributed by atoms with Gasteiger partial charge in [-0.25, -0.2) is 15.0 Å². The highest BCUT2D eigenvalue weighted by Gasteiger charge is 2.22. The van der Waals surface area contributed by atoms with Crippen molar-refractivity contribution < 1.29 is 4.74 Å². The highest BCUT2D eigenvalue weighted by molar-refractivity contribution is 5.46.